The summed E-state index contributed by atoms with van der Waals surface area (Å²) in [4.78, 5) is 37.1. The molecule has 0 spiro atoms. The van der Waals surface area contributed by atoms with Gasteiger partial charge in [0, 0.05) is 12.5 Å². The Bertz CT molecular complexity index is 635. The zero-order valence-electron chi connectivity index (χ0n) is 20.8. The molecular weight excluding hydrogens is 418 g/mol. The van der Waals surface area contributed by atoms with Crippen molar-refractivity contribution in [1.29, 1.82) is 0 Å². The van der Waals surface area contributed by atoms with Gasteiger partial charge >= 0.3 is 18.0 Å². The van der Waals surface area contributed by atoms with Crippen molar-refractivity contribution in [2.45, 2.75) is 77.7 Å². The SMILES string of the molecule is C=C[C@@H](CO[Si](C)(C)C(C)(C)C)[C@H](C[C@H](NC(=O)OC(C)(C)C)C(=O)OC)C(=O)OC. The van der Waals surface area contributed by atoms with Crippen molar-refractivity contribution in [2.24, 2.45) is 11.8 Å². The Kier molecular flexibility index (Phi) is 11.0. The van der Waals surface area contributed by atoms with E-state index in [-0.39, 0.29) is 18.1 Å². The first-order valence-electron chi connectivity index (χ1n) is 10.4. The molecule has 0 fully saturated rings. The van der Waals surface area contributed by atoms with Crippen LogP contribution in [-0.4, -0.2) is 58.8 Å². The fraction of sp³-hybridized carbons (Fsp3) is 0.773. The van der Waals surface area contributed by atoms with E-state index in [1.165, 1.54) is 14.2 Å². The van der Waals surface area contributed by atoms with Crippen LogP contribution < -0.4 is 5.32 Å². The van der Waals surface area contributed by atoms with Crippen molar-refractivity contribution in [3.63, 3.8) is 0 Å². The van der Waals surface area contributed by atoms with Gasteiger partial charge in [0.2, 0.25) is 0 Å². The van der Waals surface area contributed by atoms with E-state index >= 15 is 0 Å². The largest absolute Gasteiger partial charge is 0.469 e. The molecule has 0 aromatic heterocycles. The summed E-state index contributed by atoms with van der Waals surface area (Å²) >= 11 is 0. The zero-order valence-corrected chi connectivity index (χ0v) is 21.8. The fourth-order valence-electron chi connectivity index (χ4n) is 2.53. The van der Waals surface area contributed by atoms with Gasteiger partial charge in [-0.2, -0.15) is 0 Å². The van der Waals surface area contributed by atoms with Crippen molar-refractivity contribution in [3.05, 3.63) is 12.7 Å². The Balaban J connectivity index is 5.64. The Hall–Kier alpha value is -1.87. The molecule has 0 aromatic rings. The zero-order chi connectivity index (χ0) is 24.6. The van der Waals surface area contributed by atoms with Crippen LogP contribution >= 0.6 is 0 Å². The van der Waals surface area contributed by atoms with Crippen molar-refractivity contribution in [3.8, 4) is 0 Å². The molecule has 3 atom stereocenters. The van der Waals surface area contributed by atoms with Crippen LogP contribution in [0.25, 0.3) is 0 Å². The lowest BCUT2D eigenvalue weighted by Crippen LogP contribution is -2.47. The number of hydrogen-bond acceptors (Lipinski definition) is 7. The summed E-state index contributed by atoms with van der Waals surface area (Å²) in [5, 5.41) is 2.49. The van der Waals surface area contributed by atoms with Gasteiger partial charge in [0.1, 0.15) is 11.6 Å². The molecule has 8 nitrogen and oxygen atoms in total. The summed E-state index contributed by atoms with van der Waals surface area (Å²) < 4.78 is 21.3. The molecule has 0 bridgehead atoms. The minimum Gasteiger partial charge on any atom is -0.469 e. The molecule has 0 aromatic carbocycles. The lowest BCUT2D eigenvalue weighted by atomic mass is 9.87. The highest BCUT2D eigenvalue weighted by Crippen LogP contribution is 2.37. The molecule has 180 valence electrons. The van der Waals surface area contributed by atoms with E-state index in [1.54, 1.807) is 26.8 Å². The summed E-state index contributed by atoms with van der Waals surface area (Å²) in [5.74, 6) is -2.41. The van der Waals surface area contributed by atoms with Crippen LogP contribution in [0.5, 0.6) is 0 Å². The lowest BCUT2D eigenvalue weighted by molar-refractivity contribution is -0.149. The number of rotatable bonds is 10. The highest BCUT2D eigenvalue weighted by atomic mass is 28.4. The summed E-state index contributed by atoms with van der Waals surface area (Å²) in [7, 11) is 0.412. The molecule has 1 amide bonds. The van der Waals surface area contributed by atoms with Crippen LogP contribution in [0, 0.1) is 11.8 Å². The average molecular weight is 460 g/mol. The van der Waals surface area contributed by atoms with Crippen molar-refractivity contribution in [1.82, 2.24) is 5.32 Å². The molecule has 31 heavy (non-hydrogen) atoms. The van der Waals surface area contributed by atoms with Gasteiger partial charge in [0.15, 0.2) is 8.32 Å². The van der Waals surface area contributed by atoms with Crippen LogP contribution in [0.3, 0.4) is 0 Å². The molecule has 0 radical (unpaired) electrons. The van der Waals surface area contributed by atoms with E-state index in [1.807, 2.05) is 0 Å². The molecule has 0 saturated heterocycles. The molecule has 1 N–H and O–H groups in total. The quantitative estimate of drug-likeness (QED) is 0.228. The second-order valence-corrected chi connectivity index (χ2v) is 14.9. The molecule has 0 rings (SSSR count). The molecule has 0 aliphatic carbocycles. The van der Waals surface area contributed by atoms with E-state index in [4.69, 9.17) is 18.6 Å². The van der Waals surface area contributed by atoms with Gasteiger partial charge in [-0.15, -0.1) is 6.58 Å². The topological polar surface area (TPSA) is 100 Å². The number of ether oxygens (including phenoxy) is 3. The number of methoxy groups -OCH3 is 2. The Morgan fingerprint density at radius 1 is 1.00 bits per heavy atom. The highest BCUT2D eigenvalue weighted by Gasteiger charge is 2.40. The molecule has 0 aliphatic rings. The van der Waals surface area contributed by atoms with Gasteiger partial charge in [0.05, 0.1) is 20.1 Å². The summed E-state index contributed by atoms with van der Waals surface area (Å²) in [5.41, 5.74) is -0.743. The first kappa shape index (κ1) is 29.1. The maximum absolute atomic E-state index is 12.6. The van der Waals surface area contributed by atoms with Crippen LogP contribution in [0.2, 0.25) is 18.1 Å². The predicted octanol–water partition coefficient (Wildman–Crippen LogP) is 4.06. The van der Waals surface area contributed by atoms with E-state index in [2.05, 4.69) is 45.8 Å². The Labute approximate surface area is 188 Å². The Morgan fingerprint density at radius 2 is 1.52 bits per heavy atom. The summed E-state index contributed by atoms with van der Waals surface area (Å²) in [6.45, 7) is 19.8. The maximum Gasteiger partial charge on any atom is 0.408 e. The lowest BCUT2D eigenvalue weighted by Gasteiger charge is -2.38. The second kappa shape index (κ2) is 11.7. The standard InChI is InChI=1S/C22H41NO7Si/c1-12-15(14-29-31(10,11)22(5,6)7)16(18(24)27-8)13-17(19(25)28-9)23-20(26)30-21(2,3)4/h12,15-17H,1,13-14H2,2-11H3,(H,23,26)/t15-,16-,17-/m0/s1. The number of esters is 2. The van der Waals surface area contributed by atoms with Gasteiger partial charge < -0.3 is 24.0 Å². The highest BCUT2D eigenvalue weighted by molar-refractivity contribution is 6.74. The van der Waals surface area contributed by atoms with Crippen molar-refractivity contribution >= 4 is 26.3 Å². The predicted molar refractivity (Wildman–Crippen MR) is 122 cm³/mol. The van der Waals surface area contributed by atoms with Crippen LogP contribution in [0.15, 0.2) is 12.7 Å². The van der Waals surface area contributed by atoms with Crippen LogP contribution in [0.1, 0.15) is 48.0 Å². The first-order chi connectivity index (χ1) is 14.0. The third-order valence-corrected chi connectivity index (χ3v) is 9.93. The van der Waals surface area contributed by atoms with E-state index in [9.17, 15) is 14.4 Å². The van der Waals surface area contributed by atoms with Gasteiger partial charge in [-0.3, -0.25) is 4.79 Å². The summed E-state index contributed by atoms with van der Waals surface area (Å²) in [6.07, 6.45) is 0.798. The maximum atomic E-state index is 12.6. The third-order valence-electron chi connectivity index (χ3n) is 5.43. The van der Waals surface area contributed by atoms with Gasteiger partial charge in [-0.1, -0.05) is 26.8 Å². The molecule has 9 heteroatoms. The minimum atomic E-state index is -2.08. The fourth-order valence-corrected chi connectivity index (χ4v) is 3.57. The number of nitrogens with one attached hydrogen (secondary N) is 1. The number of alkyl carbamates (subject to hydrolysis) is 1. The number of carbonyl (C=O) groups is 3. The molecule has 0 saturated carbocycles. The first-order valence-corrected chi connectivity index (χ1v) is 13.3. The van der Waals surface area contributed by atoms with Gasteiger partial charge in [-0.25, -0.2) is 9.59 Å². The third kappa shape index (κ3) is 9.86. The minimum absolute atomic E-state index is 0.00764. The second-order valence-electron chi connectivity index (χ2n) is 10.1. The van der Waals surface area contributed by atoms with Gasteiger partial charge in [-0.05, 0) is 45.3 Å². The Morgan fingerprint density at radius 3 is 1.90 bits per heavy atom. The molecular formula is C22H41NO7Si. The van der Waals surface area contributed by atoms with E-state index in [0.717, 1.165) is 0 Å². The van der Waals surface area contributed by atoms with E-state index in [0.29, 0.717) is 0 Å². The molecule has 0 heterocycles. The monoisotopic (exact) mass is 459 g/mol. The summed E-state index contributed by atoms with van der Waals surface area (Å²) in [6, 6.07) is -1.10. The van der Waals surface area contributed by atoms with Crippen LogP contribution in [-0.2, 0) is 28.2 Å². The smallest absolute Gasteiger partial charge is 0.408 e. The van der Waals surface area contributed by atoms with Crippen molar-refractivity contribution < 1.29 is 33.0 Å². The van der Waals surface area contributed by atoms with Crippen molar-refractivity contribution in [2.75, 3.05) is 20.8 Å². The molecule has 0 aliphatic heterocycles. The average Bonchev–Trinajstić information content (AvgIpc) is 2.62. The molecule has 0 unspecified atom stereocenters. The van der Waals surface area contributed by atoms with E-state index < -0.39 is 49.8 Å². The number of hydrogen-bond donors (Lipinski definition) is 1. The van der Waals surface area contributed by atoms with Gasteiger partial charge in [0.25, 0.3) is 0 Å². The number of carbonyl (C=O) groups excluding carboxylic acids is 3. The normalized spacial score (nSPS) is 15.3. The van der Waals surface area contributed by atoms with Crippen LogP contribution in [0.4, 0.5) is 4.79 Å². The number of amides is 1.